The summed E-state index contributed by atoms with van der Waals surface area (Å²) in [6.07, 6.45) is 3.72. The van der Waals surface area contributed by atoms with Gasteiger partial charge in [-0.15, -0.1) is 0 Å². The van der Waals surface area contributed by atoms with E-state index < -0.39 is 0 Å². The van der Waals surface area contributed by atoms with E-state index in [2.05, 4.69) is 32.1 Å². The standard InChI is InChI=1S/C13H16O/c1-11(8-9-14)10-12(2)13-6-4-3-5-7-13/h3-7,9-11H,8H2,1-2H3/b12-10+. The number of aldehydes is 1. The molecule has 14 heavy (non-hydrogen) atoms. The van der Waals surface area contributed by atoms with Crippen LogP contribution >= 0.6 is 0 Å². The number of allylic oxidation sites excluding steroid dienone is 2. The van der Waals surface area contributed by atoms with Crippen molar-refractivity contribution in [2.75, 3.05) is 0 Å². The van der Waals surface area contributed by atoms with Gasteiger partial charge in [0.2, 0.25) is 0 Å². The second kappa shape index (κ2) is 5.38. The van der Waals surface area contributed by atoms with Crippen molar-refractivity contribution >= 4 is 11.9 Å². The normalized spacial score (nSPS) is 13.7. The highest BCUT2D eigenvalue weighted by atomic mass is 16.1. The van der Waals surface area contributed by atoms with Gasteiger partial charge < -0.3 is 4.79 Å². The first-order valence-corrected chi connectivity index (χ1v) is 4.91. The molecule has 1 nitrogen and oxygen atoms in total. The summed E-state index contributed by atoms with van der Waals surface area (Å²) in [5, 5.41) is 0. The van der Waals surface area contributed by atoms with Crippen LogP contribution in [0, 0.1) is 5.92 Å². The third kappa shape index (κ3) is 3.17. The van der Waals surface area contributed by atoms with Crippen LogP contribution in [0.4, 0.5) is 0 Å². The van der Waals surface area contributed by atoms with Gasteiger partial charge in [0, 0.05) is 6.42 Å². The van der Waals surface area contributed by atoms with Gasteiger partial charge in [-0.3, -0.25) is 0 Å². The highest BCUT2D eigenvalue weighted by Gasteiger charge is 1.99. The molecule has 74 valence electrons. The number of hydrogen-bond donors (Lipinski definition) is 0. The molecule has 1 atom stereocenters. The highest BCUT2D eigenvalue weighted by molar-refractivity contribution is 5.64. The maximum absolute atomic E-state index is 10.3. The minimum atomic E-state index is 0.327. The van der Waals surface area contributed by atoms with Gasteiger partial charge >= 0.3 is 0 Å². The Balaban J connectivity index is 2.74. The molecule has 0 aliphatic rings. The van der Waals surface area contributed by atoms with Crippen molar-refractivity contribution in [3.8, 4) is 0 Å². The lowest BCUT2D eigenvalue weighted by atomic mass is 10.0. The van der Waals surface area contributed by atoms with Crippen molar-refractivity contribution in [3.05, 3.63) is 42.0 Å². The first-order valence-electron chi connectivity index (χ1n) is 4.91. The molecule has 0 aliphatic heterocycles. The van der Waals surface area contributed by atoms with Crippen LogP contribution in [-0.2, 0) is 4.79 Å². The van der Waals surface area contributed by atoms with Gasteiger partial charge in [-0.05, 0) is 24.0 Å². The fraction of sp³-hybridized carbons (Fsp3) is 0.308. The van der Waals surface area contributed by atoms with Crippen molar-refractivity contribution in [1.82, 2.24) is 0 Å². The molecule has 0 heterocycles. The van der Waals surface area contributed by atoms with E-state index in [0.29, 0.717) is 12.3 Å². The summed E-state index contributed by atoms with van der Waals surface area (Å²) in [7, 11) is 0. The molecule has 1 aromatic carbocycles. The molecule has 0 aromatic heterocycles. The SMILES string of the molecule is C/C(=C\C(C)CC=O)c1ccccc1. The van der Waals surface area contributed by atoms with Crippen LogP contribution in [0.2, 0.25) is 0 Å². The van der Waals surface area contributed by atoms with Gasteiger partial charge in [0.1, 0.15) is 6.29 Å². The van der Waals surface area contributed by atoms with E-state index in [-0.39, 0.29) is 0 Å². The molecule has 0 saturated carbocycles. The fourth-order valence-corrected chi connectivity index (χ4v) is 1.44. The van der Waals surface area contributed by atoms with Crippen LogP contribution in [0.5, 0.6) is 0 Å². The van der Waals surface area contributed by atoms with E-state index in [9.17, 15) is 4.79 Å². The second-order valence-electron chi connectivity index (χ2n) is 3.60. The Morgan fingerprint density at radius 2 is 2.00 bits per heavy atom. The number of carbonyl (C=O) groups excluding carboxylic acids is 1. The smallest absolute Gasteiger partial charge is 0.120 e. The van der Waals surface area contributed by atoms with E-state index >= 15 is 0 Å². The Bertz CT molecular complexity index is 311. The highest BCUT2D eigenvalue weighted by Crippen LogP contribution is 2.16. The number of carbonyl (C=O) groups is 1. The van der Waals surface area contributed by atoms with Crippen LogP contribution in [0.3, 0.4) is 0 Å². The Kier molecular flexibility index (Phi) is 4.11. The van der Waals surface area contributed by atoms with Gasteiger partial charge in [0.05, 0.1) is 0 Å². The first kappa shape index (κ1) is 10.7. The number of rotatable bonds is 4. The van der Waals surface area contributed by atoms with E-state index in [1.165, 1.54) is 11.1 Å². The van der Waals surface area contributed by atoms with Crippen LogP contribution in [0.25, 0.3) is 5.57 Å². The van der Waals surface area contributed by atoms with Gasteiger partial charge in [0.15, 0.2) is 0 Å². The zero-order valence-corrected chi connectivity index (χ0v) is 8.73. The quantitative estimate of drug-likeness (QED) is 0.662. The Labute approximate surface area is 85.5 Å². The monoisotopic (exact) mass is 188 g/mol. The van der Waals surface area contributed by atoms with Gasteiger partial charge in [0.25, 0.3) is 0 Å². The summed E-state index contributed by atoms with van der Waals surface area (Å²) in [5.74, 6) is 0.327. The maximum atomic E-state index is 10.3. The predicted octanol–water partition coefficient (Wildman–Crippen LogP) is 3.32. The van der Waals surface area contributed by atoms with E-state index in [0.717, 1.165) is 6.29 Å². The van der Waals surface area contributed by atoms with E-state index in [4.69, 9.17) is 0 Å². The topological polar surface area (TPSA) is 17.1 Å². The Hall–Kier alpha value is -1.37. The summed E-state index contributed by atoms with van der Waals surface area (Å²) in [4.78, 5) is 10.3. The van der Waals surface area contributed by atoms with Crippen LogP contribution in [0.15, 0.2) is 36.4 Å². The molecule has 0 N–H and O–H groups in total. The molecule has 0 fully saturated rings. The maximum Gasteiger partial charge on any atom is 0.120 e. The molecule has 1 heteroatoms. The zero-order chi connectivity index (χ0) is 10.4. The number of benzene rings is 1. The Morgan fingerprint density at radius 1 is 1.36 bits per heavy atom. The van der Waals surface area contributed by atoms with Gasteiger partial charge in [-0.2, -0.15) is 0 Å². The summed E-state index contributed by atoms with van der Waals surface area (Å²) < 4.78 is 0. The molecular weight excluding hydrogens is 172 g/mol. The molecule has 0 aliphatic carbocycles. The molecular formula is C13H16O. The minimum Gasteiger partial charge on any atom is -0.303 e. The van der Waals surface area contributed by atoms with E-state index in [1.54, 1.807) is 0 Å². The average Bonchev–Trinajstić information content (AvgIpc) is 2.19. The number of hydrogen-bond acceptors (Lipinski definition) is 1. The second-order valence-corrected chi connectivity index (χ2v) is 3.60. The van der Waals surface area contributed by atoms with Crippen molar-refractivity contribution in [1.29, 1.82) is 0 Å². The summed E-state index contributed by atoms with van der Waals surface area (Å²) >= 11 is 0. The third-order valence-corrected chi connectivity index (χ3v) is 2.23. The lowest BCUT2D eigenvalue weighted by Crippen LogP contribution is -1.91. The molecule has 0 spiro atoms. The van der Waals surface area contributed by atoms with Gasteiger partial charge in [-0.1, -0.05) is 43.3 Å². The van der Waals surface area contributed by atoms with Crippen molar-refractivity contribution in [3.63, 3.8) is 0 Å². The summed E-state index contributed by atoms with van der Waals surface area (Å²) in [6, 6.07) is 10.2. The first-order chi connectivity index (χ1) is 6.74. The summed E-state index contributed by atoms with van der Waals surface area (Å²) in [6.45, 7) is 4.14. The molecule has 0 bridgehead atoms. The molecule has 0 radical (unpaired) electrons. The van der Waals surface area contributed by atoms with Crippen molar-refractivity contribution in [2.45, 2.75) is 20.3 Å². The molecule has 0 saturated heterocycles. The van der Waals surface area contributed by atoms with Crippen molar-refractivity contribution in [2.24, 2.45) is 5.92 Å². The molecule has 1 rings (SSSR count). The lowest BCUT2D eigenvalue weighted by molar-refractivity contribution is -0.108. The molecule has 0 amide bonds. The lowest BCUT2D eigenvalue weighted by Gasteiger charge is -2.05. The van der Waals surface area contributed by atoms with Crippen molar-refractivity contribution < 1.29 is 4.79 Å². The summed E-state index contributed by atoms with van der Waals surface area (Å²) in [5.41, 5.74) is 2.46. The molecule has 1 aromatic rings. The van der Waals surface area contributed by atoms with Gasteiger partial charge in [-0.25, -0.2) is 0 Å². The minimum absolute atomic E-state index is 0.327. The Morgan fingerprint density at radius 3 is 2.57 bits per heavy atom. The fourth-order valence-electron chi connectivity index (χ4n) is 1.44. The van der Waals surface area contributed by atoms with Crippen LogP contribution in [-0.4, -0.2) is 6.29 Å². The molecule has 1 unspecified atom stereocenters. The largest absolute Gasteiger partial charge is 0.303 e. The zero-order valence-electron chi connectivity index (χ0n) is 8.73. The third-order valence-electron chi connectivity index (χ3n) is 2.23. The van der Waals surface area contributed by atoms with Crippen LogP contribution in [0.1, 0.15) is 25.8 Å². The predicted molar refractivity (Wildman–Crippen MR) is 59.9 cm³/mol. The van der Waals surface area contributed by atoms with E-state index in [1.807, 2.05) is 18.2 Å². The average molecular weight is 188 g/mol. The van der Waals surface area contributed by atoms with Crippen LogP contribution < -0.4 is 0 Å².